The van der Waals surface area contributed by atoms with Gasteiger partial charge in [0.2, 0.25) is 0 Å². The number of ether oxygens (including phenoxy) is 2. The largest absolute Gasteiger partial charge is 0.375 e. The van der Waals surface area contributed by atoms with Gasteiger partial charge in [0.05, 0.1) is 19.3 Å². The van der Waals surface area contributed by atoms with E-state index in [0.29, 0.717) is 12.2 Å². The molecule has 0 spiro atoms. The highest BCUT2D eigenvalue weighted by Gasteiger charge is 2.34. The Morgan fingerprint density at radius 2 is 1.59 bits per heavy atom. The Hall–Kier alpha value is -0.0800. The zero-order valence-corrected chi connectivity index (χ0v) is 10.9. The van der Waals surface area contributed by atoms with Crippen molar-refractivity contribution in [1.29, 1.82) is 0 Å². The van der Waals surface area contributed by atoms with Crippen LogP contribution in [0.1, 0.15) is 57.8 Å². The van der Waals surface area contributed by atoms with Crippen LogP contribution in [0.2, 0.25) is 0 Å². The lowest BCUT2D eigenvalue weighted by Crippen LogP contribution is -2.35. The molecule has 1 aliphatic heterocycles. The normalized spacial score (nSPS) is 39.2. The molecule has 0 N–H and O–H groups in total. The van der Waals surface area contributed by atoms with Crippen molar-refractivity contribution in [3.05, 3.63) is 0 Å². The molecule has 0 bridgehead atoms. The fraction of sp³-hybridized carbons (Fsp3) is 1.00. The molecule has 3 aliphatic rings. The van der Waals surface area contributed by atoms with E-state index in [0.717, 1.165) is 25.0 Å². The van der Waals surface area contributed by atoms with E-state index in [1.54, 1.807) is 0 Å². The van der Waals surface area contributed by atoms with Crippen molar-refractivity contribution in [2.24, 2.45) is 11.8 Å². The average molecular weight is 238 g/mol. The topological polar surface area (TPSA) is 21.8 Å². The van der Waals surface area contributed by atoms with Crippen molar-refractivity contribution in [2.45, 2.75) is 70.0 Å². The number of rotatable bonds is 4. The Morgan fingerprint density at radius 1 is 0.882 bits per heavy atom. The molecule has 0 radical (unpaired) electrons. The van der Waals surface area contributed by atoms with E-state index in [1.165, 1.54) is 57.8 Å². The second-order valence-corrected chi connectivity index (χ2v) is 6.17. The molecule has 17 heavy (non-hydrogen) atoms. The Balaban J connectivity index is 1.53. The van der Waals surface area contributed by atoms with Crippen molar-refractivity contribution < 1.29 is 9.47 Å². The van der Waals surface area contributed by atoms with Gasteiger partial charge >= 0.3 is 0 Å². The third-order valence-electron chi connectivity index (χ3n) is 4.91. The Morgan fingerprint density at radius 3 is 2.35 bits per heavy atom. The molecule has 98 valence electrons. The zero-order chi connectivity index (χ0) is 11.5. The van der Waals surface area contributed by atoms with Crippen molar-refractivity contribution in [3.63, 3.8) is 0 Å². The van der Waals surface area contributed by atoms with Gasteiger partial charge in [-0.2, -0.15) is 0 Å². The predicted molar refractivity (Wildman–Crippen MR) is 68.0 cm³/mol. The van der Waals surface area contributed by atoms with Crippen LogP contribution in [0.5, 0.6) is 0 Å². The second-order valence-electron chi connectivity index (χ2n) is 6.17. The Bertz CT molecular complexity index is 231. The minimum absolute atomic E-state index is 0.434. The van der Waals surface area contributed by atoms with E-state index in [1.807, 2.05) is 0 Å². The lowest BCUT2D eigenvalue weighted by atomic mass is 9.72. The molecule has 3 rings (SSSR count). The Labute approximate surface area is 105 Å². The highest BCUT2D eigenvalue weighted by molar-refractivity contribution is 4.84. The molecular weight excluding hydrogens is 212 g/mol. The third kappa shape index (κ3) is 3.23. The first kappa shape index (κ1) is 12.0. The van der Waals surface area contributed by atoms with E-state index in [4.69, 9.17) is 9.47 Å². The standard InChI is InChI=1S/C15H26O2/c1-2-6-12(7-3-1)14-8-4-5-9-15(14)17-11-13-10-16-13/h12-15H,1-11H2. The molecule has 3 unspecified atom stereocenters. The summed E-state index contributed by atoms with van der Waals surface area (Å²) in [4.78, 5) is 0. The fourth-order valence-corrected chi connectivity index (χ4v) is 3.83. The maximum absolute atomic E-state index is 6.15. The first-order chi connectivity index (χ1) is 8.43. The summed E-state index contributed by atoms with van der Waals surface area (Å²) in [5, 5.41) is 0. The van der Waals surface area contributed by atoms with Crippen LogP contribution >= 0.6 is 0 Å². The molecule has 0 aromatic rings. The highest BCUT2D eigenvalue weighted by Crippen LogP contribution is 2.39. The second kappa shape index (κ2) is 5.71. The molecule has 2 saturated carbocycles. The van der Waals surface area contributed by atoms with Crippen molar-refractivity contribution in [2.75, 3.05) is 13.2 Å². The van der Waals surface area contributed by atoms with E-state index in [-0.39, 0.29) is 0 Å². The molecule has 2 heteroatoms. The monoisotopic (exact) mass is 238 g/mol. The van der Waals surface area contributed by atoms with Gasteiger partial charge in [-0.3, -0.25) is 0 Å². The maximum atomic E-state index is 6.15. The van der Waals surface area contributed by atoms with E-state index < -0.39 is 0 Å². The molecule has 0 amide bonds. The maximum Gasteiger partial charge on any atom is 0.104 e. The van der Waals surface area contributed by atoms with Crippen LogP contribution in [-0.2, 0) is 9.47 Å². The summed E-state index contributed by atoms with van der Waals surface area (Å²) in [6, 6.07) is 0. The van der Waals surface area contributed by atoms with Crippen LogP contribution in [0.3, 0.4) is 0 Å². The van der Waals surface area contributed by atoms with Gasteiger partial charge in [-0.15, -0.1) is 0 Å². The summed E-state index contributed by atoms with van der Waals surface area (Å²) < 4.78 is 11.4. The van der Waals surface area contributed by atoms with Gasteiger partial charge in [0.1, 0.15) is 6.10 Å². The van der Waals surface area contributed by atoms with Crippen molar-refractivity contribution >= 4 is 0 Å². The first-order valence-electron chi connectivity index (χ1n) is 7.66. The number of epoxide rings is 1. The quantitative estimate of drug-likeness (QED) is 0.699. The van der Waals surface area contributed by atoms with Crippen LogP contribution in [0, 0.1) is 11.8 Å². The van der Waals surface area contributed by atoms with Crippen LogP contribution in [0.4, 0.5) is 0 Å². The van der Waals surface area contributed by atoms with Crippen LogP contribution in [0.25, 0.3) is 0 Å². The fourth-order valence-electron chi connectivity index (χ4n) is 3.83. The van der Waals surface area contributed by atoms with E-state index in [2.05, 4.69) is 0 Å². The van der Waals surface area contributed by atoms with Crippen LogP contribution in [-0.4, -0.2) is 25.4 Å². The average Bonchev–Trinajstić information content (AvgIpc) is 3.22. The predicted octanol–water partition coefficient (Wildman–Crippen LogP) is 3.54. The van der Waals surface area contributed by atoms with E-state index in [9.17, 15) is 0 Å². The van der Waals surface area contributed by atoms with Gasteiger partial charge in [0.15, 0.2) is 0 Å². The Kier molecular flexibility index (Phi) is 4.02. The smallest absolute Gasteiger partial charge is 0.104 e. The van der Waals surface area contributed by atoms with Gasteiger partial charge in [-0.05, 0) is 24.7 Å². The summed E-state index contributed by atoms with van der Waals surface area (Å²) in [7, 11) is 0. The zero-order valence-electron chi connectivity index (χ0n) is 10.9. The van der Waals surface area contributed by atoms with Crippen molar-refractivity contribution in [3.8, 4) is 0 Å². The molecule has 1 saturated heterocycles. The third-order valence-corrected chi connectivity index (χ3v) is 4.91. The number of hydrogen-bond acceptors (Lipinski definition) is 2. The molecule has 3 atom stereocenters. The minimum atomic E-state index is 0.434. The van der Waals surface area contributed by atoms with Gasteiger partial charge in [0, 0.05) is 0 Å². The lowest BCUT2D eigenvalue weighted by Gasteiger charge is -2.38. The van der Waals surface area contributed by atoms with Crippen molar-refractivity contribution in [1.82, 2.24) is 0 Å². The SMILES string of the molecule is C1CCC(C2CCCCC2OCC2CO2)CC1. The molecule has 0 aromatic heterocycles. The van der Waals surface area contributed by atoms with Gasteiger partial charge < -0.3 is 9.47 Å². The summed E-state index contributed by atoms with van der Waals surface area (Å²) in [6.07, 6.45) is 13.8. The summed E-state index contributed by atoms with van der Waals surface area (Å²) in [5.41, 5.74) is 0. The highest BCUT2D eigenvalue weighted by atomic mass is 16.6. The summed E-state index contributed by atoms with van der Waals surface area (Å²) in [5.74, 6) is 1.83. The molecule has 2 aliphatic carbocycles. The van der Waals surface area contributed by atoms with Gasteiger partial charge in [-0.1, -0.05) is 44.9 Å². The molecule has 0 aromatic carbocycles. The van der Waals surface area contributed by atoms with E-state index >= 15 is 0 Å². The summed E-state index contributed by atoms with van der Waals surface area (Å²) in [6.45, 7) is 1.79. The summed E-state index contributed by atoms with van der Waals surface area (Å²) >= 11 is 0. The molecular formula is C15H26O2. The first-order valence-corrected chi connectivity index (χ1v) is 7.66. The van der Waals surface area contributed by atoms with Gasteiger partial charge in [-0.25, -0.2) is 0 Å². The van der Waals surface area contributed by atoms with Gasteiger partial charge in [0.25, 0.3) is 0 Å². The van der Waals surface area contributed by atoms with Crippen LogP contribution < -0.4 is 0 Å². The van der Waals surface area contributed by atoms with Crippen LogP contribution in [0.15, 0.2) is 0 Å². The number of hydrogen-bond donors (Lipinski definition) is 0. The minimum Gasteiger partial charge on any atom is -0.375 e. The molecule has 3 fully saturated rings. The molecule has 2 nitrogen and oxygen atoms in total. The molecule has 1 heterocycles. The lowest BCUT2D eigenvalue weighted by molar-refractivity contribution is -0.0414.